The van der Waals surface area contributed by atoms with Crippen LogP contribution >= 0.6 is 0 Å². The molecule has 0 saturated heterocycles. The molecule has 1 aromatic carbocycles. The molecule has 0 radical (unpaired) electrons. The Morgan fingerprint density at radius 1 is 1.07 bits per heavy atom. The minimum absolute atomic E-state index is 0.00414. The molecule has 3 aromatic rings. The molecular weight excluding hydrogens is 520 g/mol. The summed E-state index contributed by atoms with van der Waals surface area (Å²) >= 11 is 0. The quantitative estimate of drug-likeness (QED) is 0.130. The van der Waals surface area contributed by atoms with Crippen LogP contribution in [0.2, 0.25) is 0 Å². The van der Waals surface area contributed by atoms with Gasteiger partial charge < -0.3 is 39.9 Å². The molecule has 0 spiro atoms. The Balaban J connectivity index is 1.34. The number of aliphatic hydroxyl groups excluding tert-OH is 3. The molecule has 1 fully saturated rings. The maximum absolute atomic E-state index is 10.9. The molecule has 8 heteroatoms. The van der Waals surface area contributed by atoms with Gasteiger partial charge in [-0.15, -0.1) is 0 Å². The summed E-state index contributed by atoms with van der Waals surface area (Å²) in [5, 5.41) is 44.0. The number of ether oxygens (including phenoxy) is 1. The minimum Gasteiger partial charge on any atom is -0.504 e. The Hall–Kier alpha value is -2.78. The van der Waals surface area contributed by atoms with Crippen molar-refractivity contribution in [1.82, 2.24) is 10.3 Å². The van der Waals surface area contributed by atoms with E-state index in [1.54, 1.807) is 19.1 Å². The summed E-state index contributed by atoms with van der Waals surface area (Å²) in [6, 6.07) is 9.24. The topological polar surface area (TPSA) is 131 Å². The van der Waals surface area contributed by atoms with E-state index in [-0.39, 0.29) is 25.1 Å². The predicted molar refractivity (Wildman–Crippen MR) is 159 cm³/mol. The van der Waals surface area contributed by atoms with E-state index in [0.29, 0.717) is 42.7 Å². The summed E-state index contributed by atoms with van der Waals surface area (Å²) in [7, 11) is 0. The standard InChI is InChI=1S/C33H48N2O6/c1-3-4-9-32-26(20-36)15-27(41-32)12-10-23-11-13-30(38)33(14-23)40-21-31(39)29-16-25(18-35-29)28(19-34-17-22(2)37)24-7-5-6-8-24/h11,13-16,18,22,24,28,31,34-39H,3-10,12,17,19-21H2,1-2H3/t22-,28+,31-/m0/s1. The van der Waals surface area contributed by atoms with Gasteiger partial charge in [-0.3, -0.25) is 0 Å². The largest absolute Gasteiger partial charge is 0.504 e. The van der Waals surface area contributed by atoms with Gasteiger partial charge in [0.15, 0.2) is 11.5 Å². The molecule has 0 bridgehead atoms. The Bertz CT molecular complexity index is 1200. The number of aromatic nitrogens is 1. The van der Waals surface area contributed by atoms with E-state index < -0.39 is 6.10 Å². The average molecular weight is 569 g/mol. The first-order valence-corrected chi connectivity index (χ1v) is 15.3. The summed E-state index contributed by atoms with van der Waals surface area (Å²) < 4.78 is 11.9. The number of H-pyrrole nitrogens is 1. The second-order valence-corrected chi connectivity index (χ2v) is 11.6. The van der Waals surface area contributed by atoms with Crippen molar-refractivity contribution in [2.45, 2.75) is 96.4 Å². The summed E-state index contributed by atoms with van der Waals surface area (Å²) in [5.41, 5.74) is 3.69. The molecule has 2 aromatic heterocycles. The number of hydrogen-bond acceptors (Lipinski definition) is 7. The molecule has 3 atom stereocenters. The lowest BCUT2D eigenvalue weighted by molar-refractivity contribution is 0.103. The van der Waals surface area contributed by atoms with Gasteiger partial charge in [0.1, 0.15) is 24.2 Å². The van der Waals surface area contributed by atoms with Crippen LogP contribution < -0.4 is 10.1 Å². The van der Waals surface area contributed by atoms with Crippen LogP contribution in [0.1, 0.15) is 98.3 Å². The summed E-state index contributed by atoms with van der Waals surface area (Å²) in [5.74, 6) is 2.98. The summed E-state index contributed by atoms with van der Waals surface area (Å²) in [6.45, 7) is 5.25. The highest BCUT2D eigenvalue weighted by atomic mass is 16.5. The van der Waals surface area contributed by atoms with E-state index >= 15 is 0 Å². The van der Waals surface area contributed by atoms with E-state index in [9.17, 15) is 20.4 Å². The molecule has 0 aliphatic heterocycles. The van der Waals surface area contributed by atoms with Gasteiger partial charge in [0.05, 0.1) is 12.7 Å². The van der Waals surface area contributed by atoms with Crippen molar-refractivity contribution in [3.63, 3.8) is 0 Å². The third-order valence-electron chi connectivity index (χ3n) is 8.24. The van der Waals surface area contributed by atoms with Crippen molar-refractivity contribution < 1.29 is 29.6 Å². The van der Waals surface area contributed by atoms with Crippen molar-refractivity contribution in [3.8, 4) is 11.5 Å². The van der Waals surface area contributed by atoms with Gasteiger partial charge in [-0.05, 0) is 73.9 Å². The average Bonchev–Trinajstić information content (AvgIpc) is 3.74. The fraction of sp³-hybridized carbons (Fsp3) is 0.576. The van der Waals surface area contributed by atoms with E-state index in [1.165, 1.54) is 25.7 Å². The monoisotopic (exact) mass is 568 g/mol. The fourth-order valence-electron chi connectivity index (χ4n) is 5.89. The molecule has 2 heterocycles. The predicted octanol–water partition coefficient (Wildman–Crippen LogP) is 5.29. The van der Waals surface area contributed by atoms with Crippen LogP contribution in [0.25, 0.3) is 0 Å². The summed E-state index contributed by atoms with van der Waals surface area (Å²) in [4.78, 5) is 3.24. The normalized spacial score (nSPS) is 16.2. The van der Waals surface area contributed by atoms with Crippen molar-refractivity contribution in [3.05, 3.63) is 70.4 Å². The lowest BCUT2D eigenvalue weighted by Gasteiger charge is -2.23. The first-order chi connectivity index (χ1) is 19.9. The molecule has 1 aliphatic carbocycles. The van der Waals surface area contributed by atoms with E-state index in [1.807, 2.05) is 24.4 Å². The first-order valence-electron chi connectivity index (χ1n) is 15.3. The minimum atomic E-state index is -0.872. The fourth-order valence-corrected chi connectivity index (χ4v) is 5.89. The van der Waals surface area contributed by atoms with E-state index in [4.69, 9.17) is 9.15 Å². The van der Waals surface area contributed by atoms with Gasteiger partial charge >= 0.3 is 0 Å². The number of aromatic amines is 1. The highest BCUT2D eigenvalue weighted by Crippen LogP contribution is 2.38. The number of hydrogen-bond donors (Lipinski definition) is 6. The molecule has 8 nitrogen and oxygen atoms in total. The molecule has 1 aliphatic rings. The van der Waals surface area contributed by atoms with Gasteiger partial charge in [0, 0.05) is 49.3 Å². The number of aromatic hydroxyl groups is 1. The van der Waals surface area contributed by atoms with Gasteiger partial charge in [-0.25, -0.2) is 0 Å². The van der Waals surface area contributed by atoms with Gasteiger partial charge in [0.2, 0.25) is 0 Å². The van der Waals surface area contributed by atoms with Crippen molar-refractivity contribution in [1.29, 1.82) is 0 Å². The van der Waals surface area contributed by atoms with Crippen LogP contribution in [0.3, 0.4) is 0 Å². The van der Waals surface area contributed by atoms with Crippen molar-refractivity contribution >= 4 is 0 Å². The maximum Gasteiger partial charge on any atom is 0.161 e. The lowest BCUT2D eigenvalue weighted by atomic mass is 9.86. The number of aliphatic hydroxyl groups is 3. The van der Waals surface area contributed by atoms with Crippen LogP contribution in [-0.2, 0) is 25.9 Å². The van der Waals surface area contributed by atoms with Crippen molar-refractivity contribution in [2.75, 3.05) is 19.7 Å². The zero-order chi connectivity index (χ0) is 29.2. The number of aryl methyl sites for hydroxylation is 3. The Labute approximate surface area is 243 Å². The van der Waals surface area contributed by atoms with Gasteiger partial charge in [0.25, 0.3) is 0 Å². The van der Waals surface area contributed by atoms with E-state index in [0.717, 1.165) is 54.0 Å². The number of nitrogens with one attached hydrogen (secondary N) is 2. The molecule has 1 saturated carbocycles. The third kappa shape index (κ3) is 8.85. The Morgan fingerprint density at radius 3 is 2.61 bits per heavy atom. The van der Waals surface area contributed by atoms with Crippen LogP contribution in [0, 0.1) is 5.92 Å². The second kappa shape index (κ2) is 15.4. The van der Waals surface area contributed by atoms with Gasteiger partial charge in [-0.2, -0.15) is 0 Å². The number of phenols is 1. The number of benzene rings is 1. The molecule has 0 unspecified atom stereocenters. The molecule has 41 heavy (non-hydrogen) atoms. The molecule has 6 N–H and O–H groups in total. The van der Waals surface area contributed by atoms with Crippen LogP contribution in [-0.4, -0.2) is 51.2 Å². The Kier molecular flexibility index (Phi) is 11.7. The second-order valence-electron chi connectivity index (χ2n) is 11.6. The highest BCUT2D eigenvalue weighted by Gasteiger charge is 2.27. The Morgan fingerprint density at radius 2 is 1.88 bits per heavy atom. The molecule has 4 rings (SSSR count). The highest BCUT2D eigenvalue weighted by molar-refractivity contribution is 5.42. The zero-order valence-corrected chi connectivity index (χ0v) is 24.6. The van der Waals surface area contributed by atoms with E-state index in [2.05, 4.69) is 17.2 Å². The molecule has 0 amide bonds. The molecular formula is C33H48N2O6. The third-order valence-corrected chi connectivity index (χ3v) is 8.24. The smallest absolute Gasteiger partial charge is 0.161 e. The summed E-state index contributed by atoms with van der Waals surface area (Å²) in [6.07, 6.45) is 9.90. The number of rotatable bonds is 17. The number of phenolic OH excluding ortho intramolecular Hbond substituents is 1. The zero-order valence-electron chi connectivity index (χ0n) is 24.6. The van der Waals surface area contributed by atoms with Crippen LogP contribution in [0.5, 0.6) is 11.5 Å². The number of unbranched alkanes of at least 4 members (excludes halogenated alkanes) is 1. The first kappa shape index (κ1) is 31.2. The molecule has 226 valence electrons. The van der Waals surface area contributed by atoms with Crippen LogP contribution in [0.15, 0.2) is 40.9 Å². The van der Waals surface area contributed by atoms with Gasteiger partial charge in [-0.1, -0.05) is 32.3 Å². The van der Waals surface area contributed by atoms with Crippen LogP contribution in [0.4, 0.5) is 0 Å². The maximum atomic E-state index is 10.9. The number of furan rings is 1. The lowest BCUT2D eigenvalue weighted by Crippen LogP contribution is -2.31. The SMILES string of the molecule is CCCCc1oc(CCc2ccc(O)c(OC[C@H](O)c3cc([C@H](CNC[C@H](C)O)C4CCCC4)c[nH]3)c2)cc1CO. The van der Waals surface area contributed by atoms with Crippen molar-refractivity contribution in [2.24, 2.45) is 5.92 Å².